The van der Waals surface area contributed by atoms with Gasteiger partial charge in [-0.15, -0.1) is 11.3 Å². The van der Waals surface area contributed by atoms with Crippen molar-refractivity contribution in [1.29, 1.82) is 5.26 Å². The van der Waals surface area contributed by atoms with Crippen LogP contribution in [0.2, 0.25) is 0 Å². The van der Waals surface area contributed by atoms with Crippen LogP contribution < -0.4 is 5.32 Å². The maximum atomic E-state index is 12.5. The molecule has 33 heavy (non-hydrogen) atoms. The summed E-state index contributed by atoms with van der Waals surface area (Å²) < 4.78 is 10.8. The molecule has 1 fully saturated rings. The second kappa shape index (κ2) is 11.2. The molecule has 0 atom stereocenters. The van der Waals surface area contributed by atoms with Crippen LogP contribution >= 0.6 is 11.3 Å². The lowest BCUT2D eigenvalue weighted by Crippen LogP contribution is -2.40. The standard InChI is InChI=1S/C23H27N5O4S/c24-14-19-18-5-7-28(23(30)32-13-10-27-8-11-31-12-9-27)16-20(18)33-22(19)26-21(29)4-3-17-2-1-6-25-15-17/h1-2,6,15H,3-5,7-13,16H2,(H,26,29). The van der Waals surface area contributed by atoms with Crippen LogP contribution in [0.25, 0.3) is 0 Å². The van der Waals surface area contributed by atoms with E-state index in [1.165, 1.54) is 11.3 Å². The fourth-order valence-electron chi connectivity index (χ4n) is 3.94. The first-order valence-corrected chi connectivity index (χ1v) is 11.9. The summed E-state index contributed by atoms with van der Waals surface area (Å²) in [5.41, 5.74) is 2.41. The van der Waals surface area contributed by atoms with Crippen LogP contribution in [-0.4, -0.2) is 72.8 Å². The van der Waals surface area contributed by atoms with Crippen molar-refractivity contribution in [1.82, 2.24) is 14.8 Å². The number of pyridine rings is 1. The predicted molar refractivity (Wildman–Crippen MR) is 123 cm³/mol. The van der Waals surface area contributed by atoms with Crippen LogP contribution in [0.5, 0.6) is 0 Å². The van der Waals surface area contributed by atoms with E-state index < -0.39 is 0 Å². The van der Waals surface area contributed by atoms with Gasteiger partial charge in [0.15, 0.2) is 0 Å². The SMILES string of the molecule is N#Cc1c(NC(=O)CCc2cccnc2)sc2c1CCN(C(=O)OCCN1CCOCC1)C2. The number of carbonyl (C=O) groups excluding carboxylic acids is 2. The van der Waals surface area contributed by atoms with Crippen molar-refractivity contribution in [3.05, 3.63) is 46.1 Å². The molecule has 10 heteroatoms. The van der Waals surface area contributed by atoms with E-state index in [2.05, 4.69) is 21.3 Å². The number of aryl methyl sites for hydroxylation is 1. The van der Waals surface area contributed by atoms with E-state index in [9.17, 15) is 14.9 Å². The van der Waals surface area contributed by atoms with Gasteiger partial charge in [-0.25, -0.2) is 4.79 Å². The Balaban J connectivity index is 1.30. The first kappa shape index (κ1) is 23.2. The van der Waals surface area contributed by atoms with Crippen molar-refractivity contribution in [3.63, 3.8) is 0 Å². The molecule has 0 spiro atoms. The highest BCUT2D eigenvalue weighted by Gasteiger charge is 2.28. The molecule has 2 amide bonds. The van der Waals surface area contributed by atoms with Gasteiger partial charge in [-0.2, -0.15) is 5.26 Å². The Hall–Kier alpha value is -3.00. The summed E-state index contributed by atoms with van der Waals surface area (Å²) >= 11 is 1.37. The van der Waals surface area contributed by atoms with Crippen molar-refractivity contribution < 1.29 is 19.1 Å². The third kappa shape index (κ3) is 6.07. The van der Waals surface area contributed by atoms with E-state index >= 15 is 0 Å². The molecule has 2 aliphatic rings. The van der Waals surface area contributed by atoms with Crippen molar-refractivity contribution in [2.75, 3.05) is 51.3 Å². The largest absolute Gasteiger partial charge is 0.448 e. The Morgan fingerprint density at radius 2 is 2.15 bits per heavy atom. The third-order valence-electron chi connectivity index (χ3n) is 5.78. The van der Waals surface area contributed by atoms with Gasteiger partial charge < -0.3 is 19.7 Å². The Morgan fingerprint density at radius 3 is 2.91 bits per heavy atom. The lowest BCUT2D eigenvalue weighted by molar-refractivity contribution is -0.116. The zero-order chi connectivity index (χ0) is 23.0. The van der Waals surface area contributed by atoms with Crippen LogP contribution in [-0.2, 0) is 33.7 Å². The molecular formula is C23H27N5O4S. The summed E-state index contributed by atoms with van der Waals surface area (Å²) in [5.74, 6) is -0.145. The maximum Gasteiger partial charge on any atom is 0.410 e. The average Bonchev–Trinajstić information content (AvgIpc) is 3.20. The zero-order valence-electron chi connectivity index (χ0n) is 18.4. The summed E-state index contributed by atoms with van der Waals surface area (Å²) in [5, 5.41) is 13.1. The number of nitrogens with zero attached hydrogens (tertiary/aromatic N) is 4. The maximum absolute atomic E-state index is 12.5. The number of ether oxygens (including phenoxy) is 2. The predicted octanol–water partition coefficient (Wildman–Crippen LogP) is 2.41. The van der Waals surface area contributed by atoms with E-state index in [1.807, 2.05) is 12.1 Å². The third-order valence-corrected chi connectivity index (χ3v) is 6.91. The summed E-state index contributed by atoms with van der Waals surface area (Å²) in [4.78, 5) is 33.8. The number of anilines is 1. The van der Waals surface area contributed by atoms with Gasteiger partial charge in [0.25, 0.3) is 0 Å². The molecule has 2 aromatic rings. The van der Waals surface area contributed by atoms with Crippen LogP contribution in [0, 0.1) is 11.3 Å². The van der Waals surface area contributed by atoms with Crippen LogP contribution in [0.15, 0.2) is 24.5 Å². The molecular weight excluding hydrogens is 442 g/mol. The average molecular weight is 470 g/mol. The normalized spacial score (nSPS) is 16.0. The molecule has 0 aromatic carbocycles. The number of aromatic nitrogens is 1. The van der Waals surface area contributed by atoms with Gasteiger partial charge in [0.1, 0.15) is 17.7 Å². The lowest BCUT2D eigenvalue weighted by Gasteiger charge is -2.28. The van der Waals surface area contributed by atoms with Gasteiger partial charge in [0.05, 0.1) is 25.3 Å². The van der Waals surface area contributed by atoms with E-state index in [0.29, 0.717) is 69.3 Å². The number of carbonyl (C=O) groups is 2. The fourth-order valence-corrected chi connectivity index (χ4v) is 5.17. The van der Waals surface area contributed by atoms with Crippen LogP contribution in [0.3, 0.4) is 0 Å². The number of thiophene rings is 1. The molecule has 1 N–H and O–H groups in total. The molecule has 0 saturated carbocycles. The minimum absolute atomic E-state index is 0.145. The van der Waals surface area contributed by atoms with Crippen LogP contribution in [0.4, 0.5) is 9.80 Å². The first-order valence-electron chi connectivity index (χ1n) is 11.1. The number of morpholine rings is 1. The minimum Gasteiger partial charge on any atom is -0.448 e. The van der Waals surface area contributed by atoms with Gasteiger partial charge in [-0.3, -0.25) is 14.7 Å². The quantitative estimate of drug-likeness (QED) is 0.663. The Labute approximate surface area is 196 Å². The summed E-state index contributed by atoms with van der Waals surface area (Å²) in [6, 6.07) is 6.00. The summed E-state index contributed by atoms with van der Waals surface area (Å²) in [6.07, 6.45) is 4.55. The molecule has 0 bridgehead atoms. The van der Waals surface area contributed by atoms with Gasteiger partial charge >= 0.3 is 6.09 Å². The number of rotatable bonds is 7. The molecule has 2 aromatic heterocycles. The number of nitrogens with one attached hydrogen (secondary N) is 1. The molecule has 0 aliphatic carbocycles. The van der Waals surface area contributed by atoms with Crippen molar-refractivity contribution in [3.8, 4) is 6.07 Å². The topological polar surface area (TPSA) is 108 Å². The smallest absolute Gasteiger partial charge is 0.410 e. The number of amides is 2. The van der Waals surface area contributed by atoms with Gasteiger partial charge in [0, 0.05) is 49.9 Å². The first-order chi connectivity index (χ1) is 16.1. The molecule has 0 radical (unpaired) electrons. The molecule has 1 saturated heterocycles. The molecule has 4 heterocycles. The van der Waals surface area contributed by atoms with E-state index in [-0.39, 0.29) is 12.0 Å². The highest BCUT2D eigenvalue weighted by molar-refractivity contribution is 7.16. The van der Waals surface area contributed by atoms with Crippen molar-refractivity contribution >= 4 is 28.3 Å². The number of nitriles is 1. The highest BCUT2D eigenvalue weighted by atomic mass is 32.1. The Kier molecular flexibility index (Phi) is 7.88. The van der Waals surface area contributed by atoms with Crippen molar-refractivity contribution in [2.24, 2.45) is 0 Å². The van der Waals surface area contributed by atoms with E-state index in [1.54, 1.807) is 17.3 Å². The molecule has 4 rings (SSSR count). The van der Waals surface area contributed by atoms with Crippen LogP contribution in [0.1, 0.15) is 28.0 Å². The molecule has 9 nitrogen and oxygen atoms in total. The molecule has 174 valence electrons. The van der Waals surface area contributed by atoms with E-state index in [4.69, 9.17) is 9.47 Å². The highest BCUT2D eigenvalue weighted by Crippen LogP contribution is 2.36. The second-order valence-electron chi connectivity index (χ2n) is 7.97. The fraction of sp³-hybridized carbons (Fsp3) is 0.478. The Morgan fingerprint density at radius 1 is 1.30 bits per heavy atom. The number of hydrogen-bond donors (Lipinski definition) is 1. The summed E-state index contributed by atoms with van der Waals surface area (Å²) in [6.45, 7) is 5.05. The van der Waals surface area contributed by atoms with Gasteiger partial charge in [-0.1, -0.05) is 6.07 Å². The van der Waals surface area contributed by atoms with Gasteiger partial charge in [0.2, 0.25) is 5.91 Å². The number of hydrogen-bond acceptors (Lipinski definition) is 8. The second-order valence-corrected chi connectivity index (χ2v) is 9.07. The minimum atomic E-state index is -0.345. The molecule has 2 aliphatic heterocycles. The Bertz CT molecular complexity index is 1010. The monoisotopic (exact) mass is 469 g/mol. The lowest BCUT2D eigenvalue weighted by atomic mass is 10.0. The molecule has 0 unspecified atom stereocenters. The van der Waals surface area contributed by atoms with E-state index in [0.717, 1.165) is 29.1 Å². The van der Waals surface area contributed by atoms with Gasteiger partial charge in [-0.05, 0) is 30.0 Å². The van der Waals surface area contributed by atoms with Crippen molar-refractivity contribution in [2.45, 2.75) is 25.8 Å². The zero-order valence-corrected chi connectivity index (χ0v) is 19.2. The summed E-state index contributed by atoms with van der Waals surface area (Å²) in [7, 11) is 0. The number of fused-ring (bicyclic) bond motifs is 1.